The highest BCUT2D eigenvalue weighted by Gasteiger charge is 2.30. The molecule has 0 bridgehead atoms. The molecule has 0 aromatic heterocycles. The van der Waals surface area contributed by atoms with E-state index in [0.29, 0.717) is 12.2 Å². The molecule has 3 rings (SSSR count). The molecule has 5 nitrogen and oxygen atoms in total. The summed E-state index contributed by atoms with van der Waals surface area (Å²) in [7, 11) is -3.02. The third-order valence-electron chi connectivity index (χ3n) is 4.08. The van der Waals surface area contributed by atoms with Gasteiger partial charge in [0.25, 0.3) is 5.91 Å². The molecule has 2 aromatic carbocycles. The Morgan fingerprint density at radius 1 is 1.29 bits per heavy atom. The maximum absolute atomic E-state index is 12.2. The van der Waals surface area contributed by atoms with Crippen LogP contribution < -0.4 is 10.1 Å². The van der Waals surface area contributed by atoms with Gasteiger partial charge in [-0.05, 0) is 46.1 Å². The summed E-state index contributed by atoms with van der Waals surface area (Å²) in [5.74, 6) is 0.404. The van der Waals surface area contributed by atoms with Crippen LogP contribution >= 0.6 is 15.9 Å². The molecule has 1 amide bonds. The van der Waals surface area contributed by atoms with Gasteiger partial charge in [-0.3, -0.25) is 4.79 Å². The van der Waals surface area contributed by atoms with Gasteiger partial charge in [-0.15, -0.1) is 0 Å². The molecule has 24 heavy (non-hydrogen) atoms. The number of hydrogen-bond acceptors (Lipinski definition) is 4. The Balaban J connectivity index is 1.69. The van der Waals surface area contributed by atoms with Crippen molar-refractivity contribution in [1.82, 2.24) is 5.32 Å². The maximum Gasteiger partial charge on any atom is 0.261 e. The molecule has 1 heterocycles. The summed E-state index contributed by atoms with van der Waals surface area (Å²) in [6, 6.07) is 11.3. The number of hydrogen-bond donors (Lipinski definition) is 1. The highest BCUT2D eigenvalue weighted by atomic mass is 79.9. The number of carbonyl (C=O) groups is 1. The van der Waals surface area contributed by atoms with Crippen LogP contribution in [0.25, 0.3) is 10.8 Å². The van der Waals surface area contributed by atoms with Gasteiger partial charge in [0.1, 0.15) is 5.75 Å². The van der Waals surface area contributed by atoms with Gasteiger partial charge in [0.2, 0.25) is 0 Å². The number of nitrogens with one attached hydrogen (secondary N) is 1. The molecular formula is C17H18BrNO4S. The molecule has 2 atom stereocenters. The molecule has 0 unspecified atom stereocenters. The lowest BCUT2D eigenvalue weighted by molar-refractivity contribution is -0.127. The fraction of sp³-hybridized carbons (Fsp3) is 0.353. The number of amides is 1. The summed E-state index contributed by atoms with van der Waals surface area (Å²) in [4.78, 5) is 12.2. The van der Waals surface area contributed by atoms with Crippen LogP contribution in [0.2, 0.25) is 0 Å². The summed E-state index contributed by atoms with van der Waals surface area (Å²) < 4.78 is 29.5. The fourth-order valence-electron chi connectivity index (χ4n) is 2.78. The van der Waals surface area contributed by atoms with Gasteiger partial charge in [-0.2, -0.15) is 0 Å². The van der Waals surface area contributed by atoms with E-state index in [2.05, 4.69) is 21.2 Å². The first kappa shape index (κ1) is 17.2. The van der Waals surface area contributed by atoms with Gasteiger partial charge in [-0.25, -0.2) is 8.42 Å². The van der Waals surface area contributed by atoms with Crippen LogP contribution in [-0.2, 0) is 14.6 Å². The average molecular weight is 412 g/mol. The van der Waals surface area contributed by atoms with Gasteiger partial charge < -0.3 is 10.1 Å². The number of sulfone groups is 1. The van der Waals surface area contributed by atoms with Crippen LogP contribution in [-0.4, -0.2) is 38.0 Å². The first-order valence-electron chi connectivity index (χ1n) is 7.70. The molecule has 0 radical (unpaired) electrons. The smallest absolute Gasteiger partial charge is 0.261 e. The van der Waals surface area contributed by atoms with E-state index < -0.39 is 15.9 Å². The minimum Gasteiger partial charge on any atom is -0.480 e. The van der Waals surface area contributed by atoms with Gasteiger partial charge in [0, 0.05) is 6.04 Å². The summed E-state index contributed by atoms with van der Waals surface area (Å²) in [6.07, 6.45) is -0.258. The molecular weight excluding hydrogens is 394 g/mol. The van der Waals surface area contributed by atoms with Crippen molar-refractivity contribution >= 4 is 42.4 Å². The van der Waals surface area contributed by atoms with E-state index in [9.17, 15) is 13.2 Å². The molecule has 0 spiro atoms. The van der Waals surface area contributed by atoms with Crippen molar-refractivity contribution in [1.29, 1.82) is 0 Å². The summed E-state index contributed by atoms with van der Waals surface area (Å²) in [5.41, 5.74) is 0. The Bertz CT molecular complexity index is 881. The van der Waals surface area contributed by atoms with Gasteiger partial charge in [0.05, 0.1) is 16.0 Å². The van der Waals surface area contributed by atoms with E-state index >= 15 is 0 Å². The molecule has 1 saturated heterocycles. The Hall–Kier alpha value is -1.60. The van der Waals surface area contributed by atoms with Gasteiger partial charge in [0.15, 0.2) is 15.9 Å². The number of benzene rings is 2. The van der Waals surface area contributed by atoms with Gasteiger partial charge >= 0.3 is 0 Å². The molecule has 0 saturated carbocycles. The SMILES string of the molecule is C[C@@H](Oc1ccc2ccccc2c1Br)C(=O)N[C@H]1CCS(=O)(=O)C1. The molecule has 1 fully saturated rings. The van der Waals surface area contributed by atoms with Crippen LogP contribution in [0, 0.1) is 0 Å². The quantitative estimate of drug-likeness (QED) is 0.838. The van der Waals surface area contributed by atoms with E-state index in [-0.39, 0.29) is 23.5 Å². The second-order valence-corrected chi connectivity index (χ2v) is 8.99. The van der Waals surface area contributed by atoms with E-state index in [1.807, 2.05) is 36.4 Å². The average Bonchev–Trinajstić information content (AvgIpc) is 2.89. The monoisotopic (exact) mass is 411 g/mol. The zero-order valence-electron chi connectivity index (χ0n) is 13.2. The molecule has 1 aliphatic heterocycles. The lowest BCUT2D eigenvalue weighted by Crippen LogP contribution is -2.43. The topological polar surface area (TPSA) is 72.5 Å². The maximum atomic E-state index is 12.2. The van der Waals surface area contributed by atoms with Crippen LogP contribution in [0.4, 0.5) is 0 Å². The lowest BCUT2D eigenvalue weighted by Gasteiger charge is -2.18. The lowest BCUT2D eigenvalue weighted by atomic mass is 10.1. The van der Waals surface area contributed by atoms with E-state index in [0.717, 1.165) is 15.2 Å². The predicted molar refractivity (Wildman–Crippen MR) is 96.9 cm³/mol. The number of halogens is 1. The largest absolute Gasteiger partial charge is 0.480 e. The zero-order chi connectivity index (χ0) is 17.3. The summed E-state index contributed by atoms with van der Waals surface area (Å²) in [6.45, 7) is 1.65. The predicted octanol–water partition coefficient (Wildman–Crippen LogP) is 2.67. The van der Waals surface area contributed by atoms with Crippen molar-refractivity contribution in [2.75, 3.05) is 11.5 Å². The first-order valence-corrected chi connectivity index (χ1v) is 10.3. The second-order valence-electron chi connectivity index (χ2n) is 5.97. The van der Waals surface area contributed by atoms with Crippen molar-refractivity contribution in [3.8, 4) is 5.75 Å². The van der Waals surface area contributed by atoms with Crippen molar-refractivity contribution in [3.63, 3.8) is 0 Å². The van der Waals surface area contributed by atoms with Crippen LogP contribution in [0.5, 0.6) is 5.75 Å². The minimum absolute atomic E-state index is 0.00509. The third-order valence-corrected chi connectivity index (χ3v) is 6.67. The normalized spacial score (nSPS) is 20.7. The zero-order valence-corrected chi connectivity index (χ0v) is 15.6. The minimum atomic E-state index is -3.02. The molecule has 128 valence electrons. The Morgan fingerprint density at radius 3 is 2.75 bits per heavy atom. The van der Waals surface area contributed by atoms with Crippen molar-refractivity contribution in [2.24, 2.45) is 0 Å². The number of ether oxygens (including phenoxy) is 1. The van der Waals surface area contributed by atoms with Crippen LogP contribution in [0.3, 0.4) is 0 Å². The van der Waals surface area contributed by atoms with Crippen molar-refractivity contribution in [3.05, 3.63) is 40.9 Å². The molecule has 0 aliphatic carbocycles. The van der Waals surface area contributed by atoms with E-state index in [4.69, 9.17) is 4.74 Å². The molecule has 7 heteroatoms. The van der Waals surface area contributed by atoms with Crippen molar-refractivity contribution < 1.29 is 17.9 Å². The van der Waals surface area contributed by atoms with Gasteiger partial charge in [-0.1, -0.05) is 30.3 Å². The molecule has 1 aliphatic rings. The fourth-order valence-corrected chi connectivity index (χ4v) is 5.04. The summed E-state index contributed by atoms with van der Waals surface area (Å²) in [5, 5.41) is 4.83. The molecule has 1 N–H and O–H groups in total. The Kier molecular flexibility index (Phi) is 4.83. The number of rotatable bonds is 4. The number of carbonyl (C=O) groups excluding carboxylic acids is 1. The van der Waals surface area contributed by atoms with Crippen LogP contribution in [0.1, 0.15) is 13.3 Å². The highest BCUT2D eigenvalue weighted by Crippen LogP contribution is 2.33. The third kappa shape index (κ3) is 3.72. The van der Waals surface area contributed by atoms with E-state index in [1.165, 1.54) is 0 Å². The first-order chi connectivity index (χ1) is 11.4. The van der Waals surface area contributed by atoms with Crippen LogP contribution in [0.15, 0.2) is 40.9 Å². The van der Waals surface area contributed by atoms with Crippen molar-refractivity contribution in [2.45, 2.75) is 25.5 Å². The Morgan fingerprint density at radius 2 is 2.04 bits per heavy atom. The standard InChI is InChI=1S/C17H18BrNO4S/c1-11(17(20)19-13-8-9-24(21,22)10-13)23-15-7-6-12-4-2-3-5-14(12)16(15)18/h2-7,11,13H,8-10H2,1H3,(H,19,20)/t11-,13+/m1/s1. The second kappa shape index (κ2) is 6.72. The molecule has 2 aromatic rings. The summed E-state index contributed by atoms with van der Waals surface area (Å²) >= 11 is 3.53. The van der Waals surface area contributed by atoms with E-state index in [1.54, 1.807) is 6.92 Å². The number of fused-ring (bicyclic) bond motifs is 1. The Labute approximate surface area is 149 Å². The highest BCUT2D eigenvalue weighted by molar-refractivity contribution is 9.10.